The third-order valence-electron chi connectivity index (χ3n) is 9.19. The lowest BCUT2D eigenvalue weighted by Crippen LogP contribution is -2.43. The van der Waals surface area contributed by atoms with E-state index >= 15 is 0 Å². The van der Waals surface area contributed by atoms with Gasteiger partial charge in [-0.15, -0.1) is 0 Å². The Kier molecular flexibility index (Phi) is 10.9. The van der Waals surface area contributed by atoms with E-state index in [2.05, 4.69) is 27.3 Å². The highest BCUT2D eigenvalue weighted by atomic mass is 35.5. The molecule has 1 N–H and O–H groups in total. The second-order valence-electron chi connectivity index (χ2n) is 12.5. The van der Waals surface area contributed by atoms with Crippen LogP contribution < -0.4 is 10.2 Å². The largest absolute Gasteiger partial charge is 0.378 e. The number of rotatable bonds is 9. The van der Waals surface area contributed by atoms with Crippen LogP contribution in [-0.4, -0.2) is 76.6 Å². The number of pyridine rings is 1. The van der Waals surface area contributed by atoms with Gasteiger partial charge in [0.2, 0.25) is 17.7 Å². The molecular weight excluding hydrogens is 707 g/mol. The van der Waals surface area contributed by atoms with Gasteiger partial charge in [-0.25, -0.2) is 4.99 Å². The van der Waals surface area contributed by atoms with Crippen LogP contribution in [0.3, 0.4) is 0 Å². The highest BCUT2D eigenvalue weighted by Gasteiger charge is 2.39. The monoisotopic (exact) mass is 742 g/mol. The summed E-state index contributed by atoms with van der Waals surface area (Å²) < 4.78 is 5.48. The SMILES string of the molecule is O=C(Nc1ccc(C2SC(=Nc3ccc(N4CCOCC4)cc3)N(Cc3ccccn3)C2=O)cc1)[C@@H]1CCCN1C(=O)Cc1c(Cl)cccc1Cl. The van der Waals surface area contributed by atoms with E-state index in [1.165, 1.54) is 11.8 Å². The molecule has 1 unspecified atom stereocenters. The first-order valence-corrected chi connectivity index (χ1v) is 18.5. The fourth-order valence-electron chi connectivity index (χ4n) is 6.48. The molecule has 3 aliphatic heterocycles. The molecule has 10 nitrogen and oxygen atoms in total. The number of benzene rings is 3. The average Bonchev–Trinajstić information content (AvgIpc) is 3.77. The minimum atomic E-state index is -0.604. The smallest absolute Gasteiger partial charge is 0.247 e. The molecule has 13 heteroatoms. The first-order valence-electron chi connectivity index (χ1n) is 16.9. The number of hydrogen-bond acceptors (Lipinski definition) is 8. The molecule has 0 saturated carbocycles. The van der Waals surface area contributed by atoms with Crippen molar-refractivity contribution < 1.29 is 19.1 Å². The lowest BCUT2D eigenvalue weighted by Gasteiger charge is -2.28. The van der Waals surface area contributed by atoms with E-state index in [9.17, 15) is 14.4 Å². The number of carbonyl (C=O) groups excluding carboxylic acids is 3. The Hall–Kier alpha value is -4.42. The Morgan fingerprint density at radius 3 is 2.37 bits per heavy atom. The minimum absolute atomic E-state index is 0.0203. The molecule has 0 aliphatic carbocycles. The number of anilines is 2. The third-order valence-corrected chi connectivity index (χ3v) is 11.1. The van der Waals surface area contributed by atoms with Crippen molar-refractivity contribution in [2.45, 2.75) is 37.1 Å². The van der Waals surface area contributed by atoms with E-state index < -0.39 is 11.3 Å². The van der Waals surface area contributed by atoms with Crippen molar-refractivity contribution in [2.75, 3.05) is 43.1 Å². The van der Waals surface area contributed by atoms with Crippen LogP contribution in [0, 0.1) is 0 Å². The second kappa shape index (κ2) is 15.9. The number of nitrogens with one attached hydrogen (secondary N) is 1. The fraction of sp³-hybridized carbons (Fsp3) is 0.289. The quantitative estimate of drug-likeness (QED) is 0.199. The summed E-state index contributed by atoms with van der Waals surface area (Å²) in [5, 5.41) is 3.88. The number of amidine groups is 1. The van der Waals surface area contributed by atoms with Gasteiger partial charge in [-0.2, -0.15) is 0 Å². The molecule has 3 amide bonds. The van der Waals surface area contributed by atoms with Gasteiger partial charge in [-0.05, 0) is 84.6 Å². The van der Waals surface area contributed by atoms with Gasteiger partial charge in [0.05, 0.1) is 37.6 Å². The lowest BCUT2D eigenvalue weighted by atomic mass is 10.1. The van der Waals surface area contributed by atoms with E-state index in [1.807, 2.05) is 42.5 Å². The predicted octanol–water partition coefficient (Wildman–Crippen LogP) is 6.90. The van der Waals surface area contributed by atoms with Crippen LogP contribution in [0.2, 0.25) is 10.0 Å². The Labute approximate surface area is 310 Å². The van der Waals surface area contributed by atoms with Gasteiger partial charge in [-0.3, -0.25) is 24.3 Å². The van der Waals surface area contributed by atoms with Crippen molar-refractivity contribution in [3.63, 3.8) is 0 Å². The first kappa shape index (κ1) is 35.0. The van der Waals surface area contributed by atoms with E-state index in [4.69, 9.17) is 32.9 Å². The lowest BCUT2D eigenvalue weighted by molar-refractivity contribution is -0.136. The van der Waals surface area contributed by atoms with Gasteiger partial charge < -0.3 is 19.9 Å². The summed E-state index contributed by atoms with van der Waals surface area (Å²) in [4.78, 5) is 55.5. The Morgan fingerprint density at radius 1 is 0.922 bits per heavy atom. The molecule has 4 aromatic rings. The van der Waals surface area contributed by atoms with Gasteiger partial charge in [0.1, 0.15) is 11.3 Å². The van der Waals surface area contributed by atoms with Gasteiger partial charge >= 0.3 is 0 Å². The van der Waals surface area contributed by atoms with Crippen LogP contribution in [0.5, 0.6) is 0 Å². The van der Waals surface area contributed by atoms with Crippen LogP contribution in [-0.2, 0) is 32.1 Å². The van der Waals surface area contributed by atoms with Gasteiger partial charge in [0, 0.05) is 47.3 Å². The predicted molar refractivity (Wildman–Crippen MR) is 202 cm³/mol. The maximum Gasteiger partial charge on any atom is 0.247 e. The zero-order valence-corrected chi connectivity index (χ0v) is 30.0. The molecule has 3 aliphatic rings. The van der Waals surface area contributed by atoms with Crippen LogP contribution >= 0.6 is 35.0 Å². The van der Waals surface area contributed by atoms with Gasteiger partial charge in [0.15, 0.2) is 5.17 Å². The Balaban J connectivity index is 1.04. The van der Waals surface area contributed by atoms with E-state index in [-0.39, 0.29) is 24.1 Å². The molecule has 1 aromatic heterocycles. The number of nitrogens with zero attached hydrogens (tertiary/aromatic N) is 5. The Morgan fingerprint density at radius 2 is 1.67 bits per heavy atom. The highest BCUT2D eigenvalue weighted by molar-refractivity contribution is 8.15. The van der Waals surface area contributed by atoms with E-state index in [1.54, 1.807) is 46.3 Å². The molecule has 2 atom stereocenters. The molecular formula is C38H36Cl2N6O4S. The molecule has 4 heterocycles. The number of ether oxygens (including phenoxy) is 1. The molecule has 3 saturated heterocycles. The Bertz CT molecular complexity index is 1900. The molecule has 7 rings (SSSR count). The fourth-order valence-corrected chi connectivity index (χ4v) is 8.18. The van der Waals surface area contributed by atoms with Crippen molar-refractivity contribution in [1.82, 2.24) is 14.8 Å². The number of aliphatic imine (C=N–C) groups is 1. The van der Waals surface area contributed by atoms with Crippen molar-refractivity contribution in [1.29, 1.82) is 0 Å². The van der Waals surface area contributed by atoms with Crippen LogP contribution in [0.1, 0.15) is 34.9 Å². The van der Waals surface area contributed by atoms with E-state index in [0.29, 0.717) is 59.2 Å². The van der Waals surface area contributed by atoms with Crippen LogP contribution in [0.4, 0.5) is 17.1 Å². The maximum atomic E-state index is 13.9. The second-order valence-corrected chi connectivity index (χ2v) is 14.4. The summed E-state index contributed by atoms with van der Waals surface area (Å²) in [6.45, 7) is 3.89. The highest BCUT2D eigenvalue weighted by Crippen LogP contribution is 2.41. The zero-order valence-electron chi connectivity index (χ0n) is 27.7. The first-order chi connectivity index (χ1) is 24.8. The maximum absolute atomic E-state index is 13.9. The summed E-state index contributed by atoms with van der Waals surface area (Å²) in [5.41, 5.74) is 4.54. The van der Waals surface area contributed by atoms with Crippen LogP contribution in [0.25, 0.3) is 0 Å². The third kappa shape index (κ3) is 8.07. The molecule has 3 fully saturated rings. The van der Waals surface area contributed by atoms with Crippen molar-refractivity contribution in [3.8, 4) is 0 Å². The number of aromatic nitrogens is 1. The standard InChI is InChI=1S/C38H36Cl2N6O4S/c39-31-6-3-7-32(40)30(31)23-34(47)45-18-4-8-33(45)36(48)42-26-11-9-25(10-12-26)35-37(49)46(24-28-5-1-2-17-41-28)38(51-35)43-27-13-15-29(16-14-27)44-19-21-50-22-20-44/h1-3,5-7,9-17,33,35H,4,8,18-24H2,(H,42,48)/t33-,35?/m0/s1. The number of likely N-dealkylation sites (tertiary alicyclic amines) is 1. The van der Waals surface area contributed by atoms with Crippen molar-refractivity contribution >= 4 is 74.9 Å². The summed E-state index contributed by atoms with van der Waals surface area (Å²) in [6.07, 6.45) is 3.01. The van der Waals surface area contributed by atoms with Gasteiger partial charge in [0.25, 0.3) is 0 Å². The zero-order chi connectivity index (χ0) is 35.3. The molecule has 51 heavy (non-hydrogen) atoms. The summed E-state index contributed by atoms with van der Waals surface area (Å²) in [7, 11) is 0. The summed E-state index contributed by atoms with van der Waals surface area (Å²) in [5.74, 6) is -0.554. The topological polar surface area (TPSA) is 107 Å². The normalized spacial score (nSPS) is 19.9. The number of halogens is 2. The van der Waals surface area contributed by atoms with E-state index in [0.717, 1.165) is 42.1 Å². The van der Waals surface area contributed by atoms with Crippen molar-refractivity contribution in [3.05, 3.63) is 118 Å². The molecule has 0 bridgehead atoms. The van der Waals surface area contributed by atoms with Crippen LogP contribution in [0.15, 0.2) is 96.1 Å². The number of thioether (sulfide) groups is 1. The summed E-state index contributed by atoms with van der Waals surface area (Å²) in [6, 6.07) is 25.5. The van der Waals surface area contributed by atoms with Gasteiger partial charge in [-0.1, -0.05) is 59.2 Å². The number of amides is 3. The minimum Gasteiger partial charge on any atom is -0.378 e. The molecule has 262 valence electrons. The average molecular weight is 744 g/mol. The molecule has 0 radical (unpaired) electrons. The number of morpholine rings is 1. The number of carbonyl (C=O) groups is 3. The summed E-state index contributed by atoms with van der Waals surface area (Å²) >= 11 is 14.0. The van der Waals surface area contributed by atoms with Crippen molar-refractivity contribution in [2.24, 2.45) is 4.99 Å². The molecule has 3 aromatic carbocycles. The molecule has 0 spiro atoms. The number of hydrogen-bond donors (Lipinski definition) is 1.